The number of hydrogen-bond donors (Lipinski definition) is 1. The average Bonchev–Trinajstić information content (AvgIpc) is 2.39. The predicted molar refractivity (Wildman–Crippen MR) is 70.5 cm³/mol. The lowest BCUT2D eigenvalue weighted by atomic mass is 10.2. The number of nitrogens with zero attached hydrogens (tertiary/aromatic N) is 1. The van der Waals surface area contributed by atoms with E-state index in [0.717, 1.165) is 0 Å². The molecule has 0 spiro atoms. The molecule has 1 aromatic heterocycles. The third-order valence-electron chi connectivity index (χ3n) is 2.27. The number of alkyl halides is 3. The fourth-order valence-corrected chi connectivity index (χ4v) is 1.99. The minimum atomic E-state index is -4.33. The standard InChI is InChI=1S/C13H9F3N2OS/c14-13(15,16)20-11-5-3-9(4-6-11)12(19)18-10-2-1-7-17-8-10/h1-8H,(H,18,19). The molecule has 0 atom stereocenters. The summed E-state index contributed by atoms with van der Waals surface area (Å²) in [6, 6.07) is 8.55. The summed E-state index contributed by atoms with van der Waals surface area (Å²) in [6.45, 7) is 0. The van der Waals surface area contributed by atoms with Crippen LogP contribution in [0.3, 0.4) is 0 Å². The number of thioether (sulfide) groups is 1. The molecular formula is C13H9F3N2OS. The first kappa shape index (κ1) is 14.4. The molecular weight excluding hydrogens is 289 g/mol. The third kappa shape index (κ3) is 4.27. The van der Waals surface area contributed by atoms with E-state index in [9.17, 15) is 18.0 Å². The van der Waals surface area contributed by atoms with Gasteiger partial charge in [0.1, 0.15) is 0 Å². The topological polar surface area (TPSA) is 42.0 Å². The number of amides is 1. The highest BCUT2D eigenvalue weighted by Crippen LogP contribution is 2.36. The van der Waals surface area contributed by atoms with Crippen LogP contribution in [0.5, 0.6) is 0 Å². The van der Waals surface area contributed by atoms with Crippen molar-refractivity contribution in [2.75, 3.05) is 5.32 Å². The van der Waals surface area contributed by atoms with E-state index in [1.165, 1.54) is 30.5 Å². The van der Waals surface area contributed by atoms with Crippen molar-refractivity contribution in [1.29, 1.82) is 0 Å². The Bertz CT molecular complexity index is 585. The molecule has 0 aliphatic rings. The normalized spacial score (nSPS) is 11.2. The fraction of sp³-hybridized carbons (Fsp3) is 0.0769. The van der Waals surface area contributed by atoms with Gasteiger partial charge >= 0.3 is 5.51 Å². The summed E-state index contributed by atoms with van der Waals surface area (Å²) >= 11 is -0.217. The SMILES string of the molecule is O=C(Nc1cccnc1)c1ccc(SC(F)(F)F)cc1. The number of nitrogens with one attached hydrogen (secondary N) is 1. The lowest BCUT2D eigenvalue weighted by Crippen LogP contribution is -2.11. The van der Waals surface area contributed by atoms with Crippen LogP contribution >= 0.6 is 11.8 Å². The van der Waals surface area contributed by atoms with Gasteiger partial charge in [0, 0.05) is 16.7 Å². The van der Waals surface area contributed by atoms with Gasteiger partial charge in [0.15, 0.2) is 0 Å². The van der Waals surface area contributed by atoms with E-state index < -0.39 is 11.4 Å². The van der Waals surface area contributed by atoms with Gasteiger partial charge in [-0.05, 0) is 48.2 Å². The van der Waals surface area contributed by atoms with Gasteiger partial charge in [0.2, 0.25) is 0 Å². The zero-order valence-corrected chi connectivity index (χ0v) is 10.8. The predicted octanol–water partition coefficient (Wildman–Crippen LogP) is 3.95. The van der Waals surface area contributed by atoms with Crippen molar-refractivity contribution < 1.29 is 18.0 Å². The van der Waals surface area contributed by atoms with Gasteiger partial charge in [-0.2, -0.15) is 13.2 Å². The number of rotatable bonds is 3. The number of halogens is 3. The van der Waals surface area contributed by atoms with E-state index >= 15 is 0 Å². The summed E-state index contributed by atoms with van der Waals surface area (Å²) in [4.78, 5) is 15.7. The highest BCUT2D eigenvalue weighted by molar-refractivity contribution is 8.00. The molecule has 3 nitrogen and oxygen atoms in total. The quantitative estimate of drug-likeness (QED) is 0.873. The molecule has 1 heterocycles. The lowest BCUT2D eigenvalue weighted by Gasteiger charge is -2.07. The molecule has 104 valence electrons. The molecule has 0 aliphatic carbocycles. The summed E-state index contributed by atoms with van der Waals surface area (Å²) in [5, 5.41) is 2.60. The molecule has 0 radical (unpaired) electrons. The van der Waals surface area contributed by atoms with Gasteiger partial charge in [-0.1, -0.05) is 0 Å². The maximum atomic E-state index is 12.2. The van der Waals surface area contributed by atoms with Gasteiger partial charge in [0.05, 0.1) is 11.9 Å². The first-order valence-electron chi connectivity index (χ1n) is 5.51. The van der Waals surface area contributed by atoms with Crippen LogP contribution in [0.25, 0.3) is 0 Å². The first-order chi connectivity index (χ1) is 9.44. The van der Waals surface area contributed by atoms with Crippen molar-refractivity contribution in [3.63, 3.8) is 0 Å². The highest BCUT2D eigenvalue weighted by atomic mass is 32.2. The van der Waals surface area contributed by atoms with E-state index in [1.807, 2.05) is 0 Å². The van der Waals surface area contributed by atoms with Gasteiger partial charge in [-0.15, -0.1) is 0 Å². The number of pyridine rings is 1. The second-order valence-electron chi connectivity index (χ2n) is 3.77. The third-order valence-corrected chi connectivity index (χ3v) is 3.01. The van der Waals surface area contributed by atoms with Crippen LogP contribution in [0.15, 0.2) is 53.7 Å². The molecule has 0 unspecified atom stereocenters. The smallest absolute Gasteiger partial charge is 0.321 e. The molecule has 2 rings (SSSR count). The number of anilines is 1. The largest absolute Gasteiger partial charge is 0.446 e. The Labute approximate surface area is 117 Å². The molecule has 7 heteroatoms. The minimum Gasteiger partial charge on any atom is -0.321 e. The van der Waals surface area contributed by atoms with Crippen LogP contribution in [0, 0.1) is 0 Å². The molecule has 1 N–H and O–H groups in total. The zero-order chi connectivity index (χ0) is 14.6. The minimum absolute atomic E-state index is 0.0374. The number of hydrogen-bond acceptors (Lipinski definition) is 3. The van der Waals surface area contributed by atoms with Gasteiger partial charge < -0.3 is 5.32 Å². The Hall–Kier alpha value is -2.02. The van der Waals surface area contributed by atoms with Crippen molar-refractivity contribution >= 4 is 23.4 Å². The molecule has 0 bridgehead atoms. The van der Waals surface area contributed by atoms with Gasteiger partial charge in [-0.3, -0.25) is 9.78 Å². The Morgan fingerprint density at radius 3 is 2.40 bits per heavy atom. The molecule has 1 aromatic carbocycles. The van der Waals surface area contributed by atoms with E-state index in [-0.39, 0.29) is 22.2 Å². The highest BCUT2D eigenvalue weighted by Gasteiger charge is 2.29. The lowest BCUT2D eigenvalue weighted by molar-refractivity contribution is -0.0328. The monoisotopic (exact) mass is 298 g/mol. The van der Waals surface area contributed by atoms with Crippen molar-refractivity contribution in [2.45, 2.75) is 10.4 Å². The van der Waals surface area contributed by atoms with Crippen LogP contribution < -0.4 is 5.32 Å². The number of aromatic nitrogens is 1. The Balaban J connectivity index is 2.04. The maximum absolute atomic E-state index is 12.2. The average molecular weight is 298 g/mol. The number of carbonyl (C=O) groups is 1. The summed E-state index contributed by atoms with van der Waals surface area (Å²) in [6.07, 6.45) is 3.05. The Morgan fingerprint density at radius 1 is 1.15 bits per heavy atom. The van der Waals surface area contributed by atoms with E-state index in [4.69, 9.17) is 0 Å². The van der Waals surface area contributed by atoms with Crippen molar-refractivity contribution in [1.82, 2.24) is 4.98 Å². The van der Waals surface area contributed by atoms with Gasteiger partial charge in [-0.25, -0.2) is 0 Å². The van der Waals surface area contributed by atoms with E-state index in [0.29, 0.717) is 5.69 Å². The molecule has 1 amide bonds. The van der Waals surface area contributed by atoms with Crippen LogP contribution in [0.2, 0.25) is 0 Å². The van der Waals surface area contributed by atoms with Crippen LogP contribution in [0.1, 0.15) is 10.4 Å². The second kappa shape index (κ2) is 5.96. The summed E-state index contributed by atoms with van der Waals surface area (Å²) in [5.74, 6) is -0.401. The fourth-order valence-electron chi connectivity index (χ4n) is 1.45. The molecule has 20 heavy (non-hydrogen) atoms. The molecule has 0 aliphatic heterocycles. The first-order valence-corrected chi connectivity index (χ1v) is 6.33. The van der Waals surface area contributed by atoms with Gasteiger partial charge in [0.25, 0.3) is 5.91 Å². The molecule has 0 fully saturated rings. The van der Waals surface area contributed by atoms with Crippen LogP contribution in [0.4, 0.5) is 18.9 Å². The maximum Gasteiger partial charge on any atom is 0.446 e. The Kier molecular flexibility index (Phi) is 4.29. The van der Waals surface area contributed by atoms with Crippen LogP contribution in [-0.2, 0) is 0 Å². The van der Waals surface area contributed by atoms with Crippen molar-refractivity contribution in [2.24, 2.45) is 0 Å². The summed E-state index contributed by atoms with van der Waals surface area (Å²) < 4.78 is 36.5. The summed E-state index contributed by atoms with van der Waals surface area (Å²) in [7, 11) is 0. The molecule has 0 saturated carbocycles. The number of benzene rings is 1. The molecule has 2 aromatic rings. The van der Waals surface area contributed by atoms with Crippen molar-refractivity contribution in [3.05, 3.63) is 54.4 Å². The number of carbonyl (C=O) groups excluding carboxylic acids is 1. The van der Waals surface area contributed by atoms with E-state index in [2.05, 4.69) is 10.3 Å². The Morgan fingerprint density at radius 2 is 1.85 bits per heavy atom. The summed E-state index contributed by atoms with van der Waals surface area (Å²) in [5.41, 5.74) is -3.54. The zero-order valence-electron chi connectivity index (χ0n) is 10.0. The second-order valence-corrected chi connectivity index (χ2v) is 4.91. The van der Waals surface area contributed by atoms with Crippen molar-refractivity contribution in [3.8, 4) is 0 Å². The molecule has 0 saturated heterocycles. The van der Waals surface area contributed by atoms with Crippen LogP contribution in [-0.4, -0.2) is 16.4 Å². The van der Waals surface area contributed by atoms with E-state index in [1.54, 1.807) is 18.3 Å².